The van der Waals surface area contributed by atoms with Gasteiger partial charge in [-0.3, -0.25) is 4.79 Å². The van der Waals surface area contributed by atoms with Gasteiger partial charge < -0.3 is 4.90 Å². The minimum Gasteiger partial charge on any atom is -0.329 e. The van der Waals surface area contributed by atoms with Crippen LogP contribution in [0, 0.1) is 0 Å². The highest BCUT2D eigenvalue weighted by molar-refractivity contribution is 5.90. The number of hydrogen-bond donors (Lipinski definition) is 0. The van der Waals surface area contributed by atoms with Gasteiger partial charge in [-0.1, -0.05) is 12.2 Å². The third-order valence-corrected chi connectivity index (χ3v) is 1.67. The van der Waals surface area contributed by atoms with Gasteiger partial charge in [0.15, 0.2) is 0 Å². The Morgan fingerprint density at radius 1 is 1.27 bits per heavy atom. The molecule has 0 radical (unpaired) electrons. The molecule has 1 rings (SSSR count). The molecule has 1 aromatic heterocycles. The molecule has 5 heteroatoms. The molecule has 0 aliphatic heterocycles. The fraction of sp³-hybridized carbons (Fsp3) is 0.200. The van der Waals surface area contributed by atoms with Crippen molar-refractivity contribution in [3.05, 3.63) is 43.8 Å². The average molecular weight is 204 g/mol. The molecule has 0 atom stereocenters. The number of carbonyl (C=O) groups excluding carboxylic acids is 1. The molecule has 15 heavy (non-hydrogen) atoms. The van der Waals surface area contributed by atoms with Crippen LogP contribution in [0.3, 0.4) is 0 Å². The van der Waals surface area contributed by atoms with Crippen LogP contribution in [0.25, 0.3) is 0 Å². The van der Waals surface area contributed by atoms with E-state index in [9.17, 15) is 4.79 Å². The fourth-order valence-electron chi connectivity index (χ4n) is 1.04. The van der Waals surface area contributed by atoms with Crippen LogP contribution in [-0.4, -0.2) is 38.8 Å². The Hall–Kier alpha value is -2.04. The van der Waals surface area contributed by atoms with E-state index in [1.54, 1.807) is 12.2 Å². The van der Waals surface area contributed by atoms with Crippen molar-refractivity contribution < 1.29 is 4.79 Å². The van der Waals surface area contributed by atoms with Gasteiger partial charge in [0.05, 0.1) is 0 Å². The maximum atomic E-state index is 11.8. The molecule has 78 valence electrons. The summed E-state index contributed by atoms with van der Waals surface area (Å²) < 4.78 is 0. The molecule has 0 saturated carbocycles. The molecule has 0 fully saturated rings. The quantitative estimate of drug-likeness (QED) is 0.662. The van der Waals surface area contributed by atoms with Gasteiger partial charge >= 0.3 is 0 Å². The molecular weight excluding hydrogens is 192 g/mol. The Labute approximate surface area is 88.2 Å². The van der Waals surface area contributed by atoms with Crippen molar-refractivity contribution in [3.63, 3.8) is 0 Å². The van der Waals surface area contributed by atoms with Gasteiger partial charge in [-0.05, 0) is 0 Å². The Balaban J connectivity index is 2.80. The van der Waals surface area contributed by atoms with Gasteiger partial charge in [0.1, 0.15) is 12.7 Å². The summed E-state index contributed by atoms with van der Waals surface area (Å²) in [5, 5.41) is 0. The predicted molar refractivity (Wildman–Crippen MR) is 56.1 cm³/mol. The molecule has 0 aliphatic carbocycles. The first-order valence-electron chi connectivity index (χ1n) is 4.42. The summed E-state index contributed by atoms with van der Waals surface area (Å²) in [7, 11) is 0. The molecule has 0 unspecified atom stereocenters. The van der Waals surface area contributed by atoms with Crippen molar-refractivity contribution >= 4 is 5.91 Å². The van der Waals surface area contributed by atoms with Crippen molar-refractivity contribution in [2.24, 2.45) is 0 Å². The number of carbonyl (C=O) groups is 1. The van der Waals surface area contributed by atoms with Crippen molar-refractivity contribution in [3.8, 4) is 0 Å². The molecule has 0 spiro atoms. The molecular formula is C10H12N4O. The van der Waals surface area contributed by atoms with E-state index in [0.29, 0.717) is 13.1 Å². The average Bonchev–Trinajstić information content (AvgIpc) is 2.29. The van der Waals surface area contributed by atoms with E-state index in [2.05, 4.69) is 28.1 Å². The van der Waals surface area contributed by atoms with Crippen molar-refractivity contribution in [2.75, 3.05) is 13.1 Å². The fourth-order valence-corrected chi connectivity index (χ4v) is 1.04. The Bertz CT molecular complexity index is 340. The third-order valence-electron chi connectivity index (χ3n) is 1.67. The first-order chi connectivity index (χ1) is 7.29. The number of nitrogens with zero attached hydrogens (tertiary/aromatic N) is 4. The highest BCUT2D eigenvalue weighted by Gasteiger charge is 2.15. The predicted octanol–water partition coefficient (Wildman–Crippen LogP) is 0.686. The number of amides is 1. The van der Waals surface area contributed by atoms with Gasteiger partial charge in [-0.25, -0.2) is 15.0 Å². The van der Waals surface area contributed by atoms with Crippen LogP contribution in [-0.2, 0) is 0 Å². The minimum atomic E-state index is -0.253. The molecule has 1 amide bonds. The lowest BCUT2D eigenvalue weighted by Crippen LogP contribution is -2.32. The second-order valence-corrected chi connectivity index (χ2v) is 2.75. The van der Waals surface area contributed by atoms with E-state index < -0.39 is 0 Å². The van der Waals surface area contributed by atoms with Gasteiger partial charge in [-0.15, -0.1) is 13.2 Å². The first kappa shape index (κ1) is 11.0. The maximum Gasteiger partial charge on any atom is 0.292 e. The van der Waals surface area contributed by atoms with E-state index in [-0.39, 0.29) is 11.7 Å². The van der Waals surface area contributed by atoms with Crippen LogP contribution in [0.15, 0.2) is 38.0 Å². The summed E-state index contributed by atoms with van der Waals surface area (Å²) in [5.41, 5.74) is 0. The van der Waals surface area contributed by atoms with Crippen molar-refractivity contribution in [1.82, 2.24) is 19.9 Å². The first-order valence-corrected chi connectivity index (χ1v) is 4.42. The zero-order valence-electron chi connectivity index (χ0n) is 8.33. The van der Waals surface area contributed by atoms with E-state index in [1.807, 2.05) is 0 Å². The van der Waals surface area contributed by atoms with Crippen LogP contribution in [0.4, 0.5) is 0 Å². The van der Waals surface area contributed by atoms with Crippen LogP contribution in [0.5, 0.6) is 0 Å². The summed E-state index contributed by atoms with van der Waals surface area (Å²) in [6.07, 6.45) is 5.87. The highest BCUT2D eigenvalue weighted by atomic mass is 16.2. The van der Waals surface area contributed by atoms with Crippen molar-refractivity contribution in [2.45, 2.75) is 0 Å². The molecule has 0 N–H and O–H groups in total. The topological polar surface area (TPSA) is 59.0 Å². The molecule has 1 heterocycles. The standard InChI is InChI=1S/C10H12N4O/c1-3-5-14(6-4-2)10(15)9-12-7-11-8-13-9/h3-4,7-8H,1-2,5-6H2. The lowest BCUT2D eigenvalue weighted by atomic mass is 10.4. The van der Waals surface area contributed by atoms with E-state index >= 15 is 0 Å². The summed E-state index contributed by atoms with van der Waals surface area (Å²) >= 11 is 0. The largest absolute Gasteiger partial charge is 0.329 e. The SMILES string of the molecule is C=CCN(CC=C)C(=O)c1ncncn1. The minimum absolute atomic E-state index is 0.133. The van der Waals surface area contributed by atoms with E-state index in [0.717, 1.165) is 0 Å². The maximum absolute atomic E-state index is 11.8. The van der Waals surface area contributed by atoms with Crippen molar-refractivity contribution in [1.29, 1.82) is 0 Å². The summed E-state index contributed by atoms with van der Waals surface area (Å²) in [4.78, 5) is 24.5. The zero-order chi connectivity index (χ0) is 11.1. The van der Waals surface area contributed by atoms with Gasteiger partial charge in [-0.2, -0.15) is 0 Å². The van der Waals surface area contributed by atoms with Crippen LogP contribution < -0.4 is 0 Å². The van der Waals surface area contributed by atoms with E-state index in [1.165, 1.54) is 17.6 Å². The van der Waals surface area contributed by atoms with Crippen LogP contribution in [0.2, 0.25) is 0 Å². The lowest BCUT2D eigenvalue weighted by molar-refractivity contribution is 0.0778. The summed E-state index contributed by atoms with van der Waals surface area (Å²) in [6.45, 7) is 8.04. The Morgan fingerprint density at radius 2 is 1.80 bits per heavy atom. The number of aromatic nitrogens is 3. The Kier molecular flexibility index (Phi) is 4.15. The normalized spacial score (nSPS) is 9.33. The second-order valence-electron chi connectivity index (χ2n) is 2.75. The van der Waals surface area contributed by atoms with Gasteiger partial charge in [0.25, 0.3) is 5.91 Å². The molecule has 0 aliphatic rings. The van der Waals surface area contributed by atoms with Gasteiger partial charge in [0.2, 0.25) is 5.82 Å². The smallest absolute Gasteiger partial charge is 0.292 e. The summed E-state index contributed by atoms with van der Waals surface area (Å²) in [5.74, 6) is -0.120. The van der Waals surface area contributed by atoms with Crippen LogP contribution in [0.1, 0.15) is 10.6 Å². The summed E-state index contributed by atoms with van der Waals surface area (Å²) in [6, 6.07) is 0. The second kappa shape index (κ2) is 5.64. The van der Waals surface area contributed by atoms with Crippen LogP contribution >= 0.6 is 0 Å². The highest BCUT2D eigenvalue weighted by Crippen LogP contribution is 1.97. The number of hydrogen-bond acceptors (Lipinski definition) is 4. The molecule has 0 aromatic carbocycles. The van der Waals surface area contributed by atoms with E-state index in [4.69, 9.17) is 0 Å². The molecule has 0 saturated heterocycles. The molecule has 1 aromatic rings. The monoisotopic (exact) mass is 204 g/mol. The van der Waals surface area contributed by atoms with Gasteiger partial charge in [0, 0.05) is 13.1 Å². The zero-order valence-corrected chi connectivity index (χ0v) is 8.33. The Morgan fingerprint density at radius 3 is 2.27 bits per heavy atom. The third kappa shape index (κ3) is 2.98. The number of rotatable bonds is 5. The lowest BCUT2D eigenvalue weighted by Gasteiger charge is -2.17. The molecule has 5 nitrogen and oxygen atoms in total. The molecule has 0 bridgehead atoms.